The number of hydrogen-bond acceptors (Lipinski definition) is 5. The lowest BCUT2D eigenvalue weighted by Crippen LogP contribution is -2.32. The number of nitrogens with two attached hydrogens (primary N) is 1. The molecule has 5 heteroatoms. The summed E-state index contributed by atoms with van der Waals surface area (Å²) in [5, 5.41) is 4.85. The number of anilines is 1. The minimum Gasteiger partial charge on any atom is -0.388 e. The molecule has 1 fully saturated rings. The molecule has 0 bridgehead atoms. The predicted octanol–water partition coefficient (Wildman–Crippen LogP) is 1.88. The monoisotopic (exact) mass is 226 g/mol. The van der Waals surface area contributed by atoms with Gasteiger partial charge in [-0.15, -0.1) is 5.10 Å². The second-order valence-electron chi connectivity index (χ2n) is 4.09. The van der Waals surface area contributed by atoms with Crippen LogP contribution in [0, 0.1) is 0 Å². The molecule has 0 aromatic carbocycles. The Morgan fingerprint density at radius 2 is 2.20 bits per heavy atom. The molecule has 0 aliphatic heterocycles. The average Bonchev–Trinajstić information content (AvgIpc) is 2.86. The summed E-state index contributed by atoms with van der Waals surface area (Å²) in [5.74, 6) is 0. The van der Waals surface area contributed by atoms with Gasteiger partial charge in [-0.3, -0.25) is 4.90 Å². The molecular formula is C10H18N4S. The second kappa shape index (κ2) is 4.90. The summed E-state index contributed by atoms with van der Waals surface area (Å²) >= 11 is 1.29. The fraction of sp³-hybridized carbons (Fsp3) is 0.800. The van der Waals surface area contributed by atoms with Crippen LogP contribution in [0.5, 0.6) is 0 Å². The summed E-state index contributed by atoms with van der Waals surface area (Å²) in [6.07, 6.45) is 5.38. The minimum absolute atomic E-state index is 0.732. The topological polar surface area (TPSA) is 55.0 Å². The molecule has 1 heterocycles. The molecule has 0 atom stereocenters. The highest BCUT2D eigenvalue weighted by Crippen LogP contribution is 2.25. The number of hydrogen-bond donors (Lipinski definition) is 1. The van der Waals surface area contributed by atoms with Gasteiger partial charge in [0.15, 0.2) is 0 Å². The summed E-state index contributed by atoms with van der Waals surface area (Å²) in [6, 6.07) is 0.732. The Morgan fingerprint density at radius 1 is 1.47 bits per heavy atom. The Morgan fingerprint density at radius 3 is 2.73 bits per heavy atom. The van der Waals surface area contributed by atoms with E-state index >= 15 is 0 Å². The fourth-order valence-electron chi connectivity index (χ4n) is 2.29. The Kier molecular flexibility index (Phi) is 3.53. The number of rotatable bonds is 4. The van der Waals surface area contributed by atoms with E-state index in [1.165, 1.54) is 37.2 Å². The van der Waals surface area contributed by atoms with Crippen LogP contribution in [0.2, 0.25) is 0 Å². The maximum atomic E-state index is 5.81. The highest BCUT2D eigenvalue weighted by molar-refractivity contribution is 7.09. The Labute approximate surface area is 94.6 Å². The summed E-state index contributed by atoms with van der Waals surface area (Å²) in [6.45, 7) is 4.14. The Hall–Kier alpha value is -0.680. The van der Waals surface area contributed by atoms with Gasteiger partial charge in [-0.1, -0.05) is 24.3 Å². The van der Waals surface area contributed by atoms with E-state index in [1.807, 2.05) is 0 Å². The van der Waals surface area contributed by atoms with Gasteiger partial charge >= 0.3 is 0 Å². The third kappa shape index (κ3) is 2.46. The smallest absolute Gasteiger partial charge is 0.132 e. The van der Waals surface area contributed by atoms with Gasteiger partial charge in [-0.2, -0.15) is 0 Å². The molecule has 0 saturated heterocycles. The highest BCUT2D eigenvalue weighted by atomic mass is 32.1. The van der Waals surface area contributed by atoms with E-state index in [2.05, 4.69) is 21.4 Å². The van der Waals surface area contributed by atoms with Crippen molar-refractivity contribution in [3.8, 4) is 0 Å². The van der Waals surface area contributed by atoms with Gasteiger partial charge in [-0.05, 0) is 19.4 Å². The lowest BCUT2D eigenvalue weighted by molar-refractivity contribution is 0.198. The van der Waals surface area contributed by atoms with Crippen LogP contribution in [0.4, 0.5) is 5.00 Å². The van der Waals surface area contributed by atoms with Crippen molar-refractivity contribution in [3.05, 3.63) is 5.69 Å². The maximum Gasteiger partial charge on any atom is 0.132 e. The van der Waals surface area contributed by atoms with Gasteiger partial charge in [0.05, 0.1) is 0 Å². The first kappa shape index (κ1) is 10.8. The fourth-order valence-corrected chi connectivity index (χ4v) is 2.72. The summed E-state index contributed by atoms with van der Waals surface area (Å²) in [4.78, 5) is 2.47. The van der Waals surface area contributed by atoms with E-state index in [-0.39, 0.29) is 0 Å². The first-order chi connectivity index (χ1) is 7.31. The lowest BCUT2D eigenvalue weighted by Gasteiger charge is -2.26. The van der Waals surface area contributed by atoms with Crippen LogP contribution in [0.1, 0.15) is 38.3 Å². The van der Waals surface area contributed by atoms with E-state index in [0.717, 1.165) is 29.8 Å². The molecule has 84 valence electrons. The summed E-state index contributed by atoms with van der Waals surface area (Å²) < 4.78 is 3.88. The van der Waals surface area contributed by atoms with Crippen LogP contribution in [0.15, 0.2) is 0 Å². The van der Waals surface area contributed by atoms with Crippen molar-refractivity contribution in [2.24, 2.45) is 0 Å². The van der Waals surface area contributed by atoms with Crippen LogP contribution >= 0.6 is 11.5 Å². The standard InChI is InChI=1S/C10H18N4S/c1-2-14(8-5-3-4-6-8)7-9-10(11)15-13-12-9/h8H,2-7,11H2,1H3. The Balaban J connectivity index is 1.98. The van der Waals surface area contributed by atoms with Crippen LogP contribution in [0.3, 0.4) is 0 Å². The third-order valence-corrected chi connectivity index (χ3v) is 3.78. The summed E-state index contributed by atoms with van der Waals surface area (Å²) in [5.41, 5.74) is 6.76. The molecule has 0 spiro atoms. The molecule has 0 amide bonds. The van der Waals surface area contributed by atoms with Gasteiger partial charge in [0.1, 0.15) is 10.7 Å². The molecule has 2 N–H and O–H groups in total. The van der Waals surface area contributed by atoms with Crippen LogP contribution < -0.4 is 5.73 Å². The maximum absolute atomic E-state index is 5.81. The normalized spacial score (nSPS) is 17.7. The Bertz CT molecular complexity index is 306. The van der Waals surface area contributed by atoms with Gasteiger partial charge in [0, 0.05) is 24.1 Å². The van der Waals surface area contributed by atoms with E-state index < -0.39 is 0 Å². The van der Waals surface area contributed by atoms with Crippen molar-refractivity contribution in [3.63, 3.8) is 0 Å². The van der Waals surface area contributed by atoms with Crippen molar-refractivity contribution >= 4 is 16.5 Å². The molecular weight excluding hydrogens is 208 g/mol. The SMILES string of the molecule is CCN(Cc1nnsc1N)C1CCCC1. The third-order valence-electron chi connectivity index (χ3n) is 3.19. The average molecular weight is 226 g/mol. The van der Waals surface area contributed by atoms with Gasteiger partial charge in [-0.25, -0.2) is 0 Å². The highest BCUT2D eigenvalue weighted by Gasteiger charge is 2.22. The first-order valence-electron chi connectivity index (χ1n) is 5.62. The molecule has 1 saturated carbocycles. The van der Waals surface area contributed by atoms with Gasteiger partial charge in [0.2, 0.25) is 0 Å². The molecule has 0 unspecified atom stereocenters. The molecule has 1 aromatic heterocycles. The van der Waals surface area contributed by atoms with Crippen molar-refractivity contribution in [1.29, 1.82) is 0 Å². The molecule has 1 aliphatic carbocycles. The molecule has 1 aliphatic rings. The molecule has 4 nitrogen and oxygen atoms in total. The van der Waals surface area contributed by atoms with E-state index in [1.54, 1.807) is 0 Å². The van der Waals surface area contributed by atoms with Crippen LogP contribution in [-0.4, -0.2) is 27.1 Å². The van der Waals surface area contributed by atoms with E-state index in [0.29, 0.717) is 0 Å². The van der Waals surface area contributed by atoms with Crippen molar-refractivity contribution in [2.75, 3.05) is 12.3 Å². The number of nitrogens with zero attached hydrogens (tertiary/aromatic N) is 3. The number of aromatic nitrogens is 2. The van der Waals surface area contributed by atoms with E-state index in [4.69, 9.17) is 5.73 Å². The van der Waals surface area contributed by atoms with Crippen LogP contribution in [-0.2, 0) is 6.54 Å². The zero-order chi connectivity index (χ0) is 10.7. The van der Waals surface area contributed by atoms with Crippen molar-refractivity contribution in [1.82, 2.24) is 14.5 Å². The molecule has 15 heavy (non-hydrogen) atoms. The van der Waals surface area contributed by atoms with Gasteiger partial charge in [0.25, 0.3) is 0 Å². The van der Waals surface area contributed by atoms with Crippen molar-refractivity contribution < 1.29 is 0 Å². The molecule has 2 rings (SSSR count). The minimum atomic E-state index is 0.732. The quantitative estimate of drug-likeness (QED) is 0.851. The van der Waals surface area contributed by atoms with Crippen LogP contribution in [0.25, 0.3) is 0 Å². The second-order valence-corrected chi connectivity index (χ2v) is 4.87. The predicted molar refractivity (Wildman–Crippen MR) is 62.7 cm³/mol. The zero-order valence-electron chi connectivity index (χ0n) is 9.15. The molecule has 0 radical (unpaired) electrons. The number of nitrogen functional groups attached to an aromatic ring is 1. The van der Waals surface area contributed by atoms with Gasteiger partial charge < -0.3 is 5.73 Å². The van der Waals surface area contributed by atoms with E-state index in [9.17, 15) is 0 Å². The first-order valence-corrected chi connectivity index (χ1v) is 6.39. The zero-order valence-corrected chi connectivity index (χ0v) is 9.96. The summed E-state index contributed by atoms with van der Waals surface area (Å²) in [7, 11) is 0. The lowest BCUT2D eigenvalue weighted by atomic mass is 10.2. The molecule has 1 aromatic rings. The largest absolute Gasteiger partial charge is 0.388 e. The van der Waals surface area contributed by atoms with Crippen molar-refractivity contribution in [2.45, 2.75) is 45.2 Å².